The second-order valence-electron chi connectivity index (χ2n) is 5.96. The molecule has 0 aliphatic carbocycles. The number of pyridine rings is 1. The van der Waals surface area contributed by atoms with E-state index in [0.29, 0.717) is 18.4 Å². The van der Waals surface area contributed by atoms with Gasteiger partial charge in [-0.15, -0.1) is 11.6 Å². The number of hydrogen-bond acceptors (Lipinski definition) is 2. The average Bonchev–Trinajstić information content (AvgIpc) is 2.45. The maximum absolute atomic E-state index is 5.97. The Morgan fingerprint density at radius 3 is 2.52 bits per heavy atom. The van der Waals surface area contributed by atoms with Gasteiger partial charge in [0.2, 0.25) is 5.88 Å². The van der Waals surface area contributed by atoms with Crippen molar-refractivity contribution in [2.45, 2.75) is 38.7 Å². The highest BCUT2D eigenvalue weighted by molar-refractivity contribution is 9.10. The molecule has 0 unspecified atom stereocenters. The predicted octanol–water partition coefficient (Wildman–Crippen LogP) is 5.46. The van der Waals surface area contributed by atoms with Crippen LogP contribution in [0.15, 0.2) is 40.9 Å². The minimum absolute atomic E-state index is 0.0342. The van der Waals surface area contributed by atoms with Crippen molar-refractivity contribution in [2.24, 2.45) is 0 Å². The van der Waals surface area contributed by atoms with Crippen LogP contribution >= 0.6 is 27.5 Å². The van der Waals surface area contributed by atoms with Crippen molar-refractivity contribution in [3.05, 3.63) is 57.7 Å². The molecule has 0 atom stereocenters. The predicted molar refractivity (Wildman–Crippen MR) is 91.0 cm³/mol. The minimum atomic E-state index is -0.0342. The molecule has 0 saturated heterocycles. The van der Waals surface area contributed by atoms with E-state index in [0.717, 1.165) is 21.3 Å². The molecule has 0 amide bonds. The molecule has 2 rings (SSSR count). The molecule has 0 saturated carbocycles. The summed E-state index contributed by atoms with van der Waals surface area (Å²) in [7, 11) is 0. The van der Waals surface area contributed by atoms with Crippen LogP contribution in [-0.4, -0.2) is 4.98 Å². The molecule has 0 bridgehead atoms. The molecule has 1 aromatic carbocycles. The van der Waals surface area contributed by atoms with Crippen LogP contribution in [0, 0.1) is 0 Å². The summed E-state index contributed by atoms with van der Waals surface area (Å²) >= 11 is 9.50. The number of benzene rings is 1. The van der Waals surface area contributed by atoms with Gasteiger partial charge in [-0.3, -0.25) is 0 Å². The molecule has 1 heterocycles. The maximum Gasteiger partial charge on any atom is 0.214 e. The van der Waals surface area contributed by atoms with E-state index in [-0.39, 0.29) is 5.41 Å². The molecule has 21 heavy (non-hydrogen) atoms. The van der Waals surface area contributed by atoms with Crippen molar-refractivity contribution in [1.29, 1.82) is 0 Å². The first-order chi connectivity index (χ1) is 9.90. The lowest BCUT2D eigenvalue weighted by atomic mass is 9.91. The van der Waals surface area contributed by atoms with Crippen LogP contribution in [0.1, 0.15) is 37.6 Å². The Morgan fingerprint density at radius 2 is 1.90 bits per heavy atom. The van der Waals surface area contributed by atoms with Gasteiger partial charge >= 0.3 is 0 Å². The SMILES string of the molecule is CC(C)(C)c1cc(CCl)cc(OCc2ccccc2Br)n1. The molecular weight excluding hydrogens is 350 g/mol. The van der Waals surface area contributed by atoms with Crippen molar-refractivity contribution in [3.63, 3.8) is 0 Å². The first-order valence-electron chi connectivity index (χ1n) is 6.84. The molecule has 2 aromatic rings. The van der Waals surface area contributed by atoms with Crippen molar-refractivity contribution in [2.75, 3.05) is 0 Å². The van der Waals surface area contributed by atoms with Crippen LogP contribution in [0.4, 0.5) is 0 Å². The third kappa shape index (κ3) is 4.45. The van der Waals surface area contributed by atoms with E-state index >= 15 is 0 Å². The molecular formula is C17H19BrClNO. The Labute approximate surface area is 139 Å². The van der Waals surface area contributed by atoms with Gasteiger partial charge in [-0.25, -0.2) is 4.98 Å². The van der Waals surface area contributed by atoms with E-state index < -0.39 is 0 Å². The zero-order chi connectivity index (χ0) is 15.5. The molecule has 2 nitrogen and oxygen atoms in total. The van der Waals surface area contributed by atoms with Crippen molar-refractivity contribution < 1.29 is 4.74 Å². The minimum Gasteiger partial charge on any atom is -0.473 e. The van der Waals surface area contributed by atoms with Crippen LogP contribution in [0.5, 0.6) is 5.88 Å². The highest BCUT2D eigenvalue weighted by Crippen LogP contribution is 2.26. The number of rotatable bonds is 4. The Hall–Kier alpha value is -1.06. The van der Waals surface area contributed by atoms with Gasteiger partial charge in [-0.1, -0.05) is 54.9 Å². The number of hydrogen-bond donors (Lipinski definition) is 0. The molecule has 0 aliphatic rings. The smallest absolute Gasteiger partial charge is 0.214 e. The zero-order valence-corrected chi connectivity index (χ0v) is 14.8. The average molecular weight is 369 g/mol. The Kier molecular flexibility index (Phi) is 5.28. The van der Waals surface area contributed by atoms with Crippen molar-refractivity contribution in [1.82, 2.24) is 4.98 Å². The van der Waals surface area contributed by atoms with Gasteiger partial charge in [0.15, 0.2) is 0 Å². The molecule has 112 valence electrons. The molecule has 0 aliphatic heterocycles. The molecule has 0 radical (unpaired) electrons. The Morgan fingerprint density at radius 1 is 1.19 bits per heavy atom. The van der Waals surface area contributed by atoms with Gasteiger partial charge in [0.05, 0.1) is 5.69 Å². The lowest BCUT2D eigenvalue weighted by Gasteiger charge is -2.19. The standard InChI is InChI=1S/C17H19BrClNO/c1-17(2,3)15-8-12(10-19)9-16(20-15)21-11-13-6-4-5-7-14(13)18/h4-9H,10-11H2,1-3H3. The number of alkyl halides is 1. The van der Waals surface area contributed by atoms with Gasteiger partial charge < -0.3 is 4.74 Å². The first-order valence-corrected chi connectivity index (χ1v) is 8.16. The highest BCUT2D eigenvalue weighted by Gasteiger charge is 2.17. The fourth-order valence-corrected chi connectivity index (χ4v) is 2.42. The molecule has 0 N–H and O–H groups in total. The van der Waals surface area contributed by atoms with Crippen LogP contribution in [0.25, 0.3) is 0 Å². The summed E-state index contributed by atoms with van der Waals surface area (Å²) in [6, 6.07) is 11.9. The van der Waals surface area contributed by atoms with Gasteiger partial charge in [0, 0.05) is 27.4 Å². The van der Waals surface area contributed by atoms with Crippen LogP contribution in [0.3, 0.4) is 0 Å². The topological polar surface area (TPSA) is 22.1 Å². The number of aromatic nitrogens is 1. The highest BCUT2D eigenvalue weighted by atomic mass is 79.9. The summed E-state index contributed by atoms with van der Waals surface area (Å²) in [5.41, 5.74) is 3.07. The largest absolute Gasteiger partial charge is 0.473 e. The second kappa shape index (κ2) is 6.80. The number of ether oxygens (including phenoxy) is 1. The van der Waals surface area contributed by atoms with Gasteiger partial charge in [-0.05, 0) is 17.7 Å². The molecule has 0 fully saturated rings. The van der Waals surface area contributed by atoms with Crippen LogP contribution in [0.2, 0.25) is 0 Å². The van der Waals surface area contributed by atoms with Crippen LogP contribution < -0.4 is 4.74 Å². The number of halogens is 2. The van der Waals surface area contributed by atoms with E-state index in [1.807, 2.05) is 36.4 Å². The maximum atomic E-state index is 5.97. The van der Waals surface area contributed by atoms with Gasteiger partial charge in [0.25, 0.3) is 0 Å². The van der Waals surface area contributed by atoms with E-state index in [9.17, 15) is 0 Å². The first kappa shape index (κ1) is 16.3. The third-order valence-electron chi connectivity index (χ3n) is 3.12. The summed E-state index contributed by atoms with van der Waals surface area (Å²) in [5, 5.41) is 0. The summed E-state index contributed by atoms with van der Waals surface area (Å²) in [4.78, 5) is 4.60. The lowest BCUT2D eigenvalue weighted by Crippen LogP contribution is -2.14. The molecule has 0 spiro atoms. The quantitative estimate of drug-likeness (QED) is 0.669. The molecule has 4 heteroatoms. The van der Waals surface area contributed by atoms with Crippen LogP contribution in [-0.2, 0) is 17.9 Å². The Bertz CT molecular complexity index is 622. The van der Waals surface area contributed by atoms with E-state index in [1.165, 1.54) is 0 Å². The second-order valence-corrected chi connectivity index (χ2v) is 7.08. The summed E-state index contributed by atoms with van der Waals surface area (Å²) in [6.45, 7) is 6.87. The van der Waals surface area contributed by atoms with E-state index in [2.05, 4.69) is 41.7 Å². The van der Waals surface area contributed by atoms with Crippen molar-refractivity contribution >= 4 is 27.5 Å². The monoisotopic (exact) mass is 367 g/mol. The van der Waals surface area contributed by atoms with E-state index in [1.54, 1.807) is 0 Å². The molecule has 1 aromatic heterocycles. The fraction of sp³-hybridized carbons (Fsp3) is 0.353. The van der Waals surface area contributed by atoms with E-state index in [4.69, 9.17) is 16.3 Å². The summed E-state index contributed by atoms with van der Waals surface area (Å²) in [6.07, 6.45) is 0. The lowest BCUT2D eigenvalue weighted by molar-refractivity contribution is 0.290. The van der Waals surface area contributed by atoms with Crippen molar-refractivity contribution in [3.8, 4) is 5.88 Å². The summed E-state index contributed by atoms with van der Waals surface area (Å²) in [5.74, 6) is 1.07. The fourth-order valence-electron chi connectivity index (χ4n) is 1.86. The number of nitrogens with zero attached hydrogens (tertiary/aromatic N) is 1. The zero-order valence-electron chi connectivity index (χ0n) is 12.5. The third-order valence-corrected chi connectivity index (χ3v) is 4.20. The normalized spacial score (nSPS) is 11.5. The Balaban J connectivity index is 2.22. The van der Waals surface area contributed by atoms with Gasteiger partial charge in [0.1, 0.15) is 6.61 Å². The van der Waals surface area contributed by atoms with Gasteiger partial charge in [-0.2, -0.15) is 0 Å². The summed E-state index contributed by atoms with van der Waals surface area (Å²) < 4.78 is 6.89.